The summed E-state index contributed by atoms with van der Waals surface area (Å²) in [6.45, 7) is 16.2. The van der Waals surface area contributed by atoms with Crippen molar-refractivity contribution in [1.82, 2.24) is 4.90 Å². The van der Waals surface area contributed by atoms with Crippen LogP contribution in [-0.4, -0.2) is 24.5 Å². The van der Waals surface area contributed by atoms with Gasteiger partial charge in [-0.1, -0.05) is 32.9 Å². The largest absolute Gasteiger partial charge is 0.304 e. The molecule has 1 nitrogen and oxygen atoms in total. The van der Waals surface area contributed by atoms with E-state index in [0.29, 0.717) is 0 Å². The van der Waals surface area contributed by atoms with Crippen molar-refractivity contribution in [2.75, 3.05) is 19.6 Å². The summed E-state index contributed by atoms with van der Waals surface area (Å²) in [5.41, 5.74) is 1.38. The molecule has 0 atom stereocenters. The molecule has 1 rings (SSSR count). The summed E-state index contributed by atoms with van der Waals surface area (Å²) in [7, 11) is 0. The predicted octanol–water partition coefficient (Wildman–Crippen LogP) is 3.32. The SMILES string of the molecule is C=C(C)C1CCN(CC)CC1.CC. The molecule has 0 bridgehead atoms. The van der Waals surface area contributed by atoms with Crippen molar-refractivity contribution in [3.8, 4) is 0 Å². The van der Waals surface area contributed by atoms with Gasteiger partial charge in [-0.25, -0.2) is 0 Å². The maximum Gasteiger partial charge on any atom is -0.00131 e. The van der Waals surface area contributed by atoms with Crippen LogP contribution in [0, 0.1) is 5.92 Å². The lowest BCUT2D eigenvalue weighted by Gasteiger charge is -2.31. The number of likely N-dealkylation sites (tertiary alicyclic amines) is 1. The lowest BCUT2D eigenvalue weighted by atomic mass is 9.91. The van der Waals surface area contributed by atoms with E-state index >= 15 is 0 Å². The Hall–Kier alpha value is -0.300. The van der Waals surface area contributed by atoms with Gasteiger partial charge in [0.1, 0.15) is 0 Å². The molecule has 0 radical (unpaired) electrons. The van der Waals surface area contributed by atoms with E-state index in [-0.39, 0.29) is 0 Å². The Kier molecular flexibility index (Phi) is 6.97. The van der Waals surface area contributed by atoms with Crippen LogP contribution in [0.2, 0.25) is 0 Å². The van der Waals surface area contributed by atoms with E-state index < -0.39 is 0 Å². The first-order valence-electron chi connectivity index (χ1n) is 5.61. The van der Waals surface area contributed by atoms with E-state index in [1.54, 1.807) is 0 Å². The van der Waals surface area contributed by atoms with Crippen LogP contribution in [0.3, 0.4) is 0 Å². The second kappa shape index (κ2) is 7.14. The summed E-state index contributed by atoms with van der Waals surface area (Å²) >= 11 is 0. The van der Waals surface area contributed by atoms with Gasteiger partial charge in [-0.15, -0.1) is 0 Å². The molecule has 1 saturated heterocycles. The molecule has 0 amide bonds. The Bertz CT molecular complexity index is 132. The summed E-state index contributed by atoms with van der Waals surface area (Å²) in [4.78, 5) is 2.51. The number of nitrogens with zero attached hydrogens (tertiary/aromatic N) is 1. The van der Waals surface area contributed by atoms with Crippen LogP contribution in [0.1, 0.15) is 40.5 Å². The van der Waals surface area contributed by atoms with Crippen molar-refractivity contribution in [3.63, 3.8) is 0 Å². The summed E-state index contributed by atoms with van der Waals surface area (Å²) in [5, 5.41) is 0. The second-order valence-electron chi connectivity index (χ2n) is 3.55. The van der Waals surface area contributed by atoms with Crippen LogP contribution in [0.25, 0.3) is 0 Å². The molecule has 0 unspecified atom stereocenters. The standard InChI is InChI=1S/C10H19N.C2H6/c1-4-11-7-5-10(6-8-11)9(2)3;1-2/h10H,2,4-8H2,1,3H3;1-2H3. The monoisotopic (exact) mass is 183 g/mol. The molecule has 0 aromatic carbocycles. The van der Waals surface area contributed by atoms with Gasteiger partial charge in [0.2, 0.25) is 0 Å². The zero-order valence-electron chi connectivity index (χ0n) is 9.77. The quantitative estimate of drug-likeness (QED) is 0.594. The molecule has 0 aliphatic carbocycles. The molecular weight excluding hydrogens is 158 g/mol. The molecule has 1 heterocycles. The van der Waals surface area contributed by atoms with Crippen molar-refractivity contribution in [1.29, 1.82) is 0 Å². The van der Waals surface area contributed by atoms with Crippen LogP contribution >= 0.6 is 0 Å². The molecule has 1 aliphatic rings. The first-order chi connectivity index (χ1) is 6.24. The Labute approximate surface area is 83.8 Å². The Morgan fingerprint density at radius 3 is 2.08 bits per heavy atom. The number of piperidine rings is 1. The van der Waals surface area contributed by atoms with Gasteiger partial charge >= 0.3 is 0 Å². The summed E-state index contributed by atoms with van der Waals surface area (Å²) < 4.78 is 0. The Morgan fingerprint density at radius 2 is 1.77 bits per heavy atom. The summed E-state index contributed by atoms with van der Waals surface area (Å²) in [5.74, 6) is 0.804. The Balaban J connectivity index is 0.000000671. The molecule has 1 fully saturated rings. The average Bonchev–Trinajstić information content (AvgIpc) is 2.21. The third-order valence-corrected chi connectivity index (χ3v) is 2.73. The summed E-state index contributed by atoms with van der Waals surface area (Å²) in [6.07, 6.45) is 2.65. The molecule has 0 aromatic heterocycles. The number of allylic oxidation sites excluding steroid dienone is 1. The molecule has 78 valence electrons. The van der Waals surface area contributed by atoms with Crippen LogP contribution < -0.4 is 0 Å². The minimum atomic E-state index is 0.804. The fourth-order valence-corrected chi connectivity index (χ4v) is 1.74. The van der Waals surface area contributed by atoms with Crippen molar-refractivity contribution >= 4 is 0 Å². The summed E-state index contributed by atoms with van der Waals surface area (Å²) in [6, 6.07) is 0. The van der Waals surface area contributed by atoms with E-state index in [4.69, 9.17) is 0 Å². The molecule has 1 heteroatoms. The lowest BCUT2D eigenvalue weighted by Crippen LogP contribution is -2.33. The van der Waals surface area contributed by atoms with Crippen LogP contribution in [-0.2, 0) is 0 Å². The number of hydrogen-bond donors (Lipinski definition) is 0. The maximum absolute atomic E-state index is 4.01. The van der Waals surface area contributed by atoms with Crippen LogP contribution in [0.5, 0.6) is 0 Å². The molecular formula is C12H25N. The molecule has 0 saturated carbocycles. The smallest absolute Gasteiger partial charge is 0.00131 e. The van der Waals surface area contributed by atoms with Crippen molar-refractivity contribution < 1.29 is 0 Å². The zero-order valence-corrected chi connectivity index (χ0v) is 9.77. The average molecular weight is 183 g/mol. The highest BCUT2D eigenvalue weighted by molar-refractivity contribution is 4.98. The van der Waals surface area contributed by atoms with E-state index in [1.165, 1.54) is 38.0 Å². The van der Waals surface area contributed by atoms with Gasteiger partial charge in [0, 0.05) is 0 Å². The fourth-order valence-electron chi connectivity index (χ4n) is 1.74. The molecule has 0 aromatic rings. The van der Waals surface area contributed by atoms with E-state index in [9.17, 15) is 0 Å². The van der Waals surface area contributed by atoms with Gasteiger partial charge in [0.05, 0.1) is 0 Å². The first kappa shape index (κ1) is 12.7. The van der Waals surface area contributed by atoms with E-state index in [2.05, 4.69) is 25.3 Å². The minimum absolute atomic E-state index is 0.804. The van der Waals surface area contributed by atoms with Crippen LogP contribution in [0.15, 0.2) is 12.2 Å². The highest BCUT2D eigenvalue weighted by Crippen LogP contribution is 2.22. The van der Waals surface area contributed by atoms with Crippen molar-refractivity contribution in [2.45, 2.75) is 40.5 Å². The normalized spacial score (nSPS) is 19.1. The zero-order chi connectivity index (χ0) is 10.3. The second-order valence-corrected chi connectivity index (χ2v) is 3.55. The van der Waals surface area contributed by atoms with Crippen molar-refractivity contribution in [3.05, 3.63) is 12.2 Å². The number of hydrogen-bond acceptors (Lipinski definition) is 1. The highest BCUT2D eigenvalue weighted by Gasteiger charge is 2.17. The number of rotatable bonds is 2. The maximum atomic E-state index is 4.01. The van der Waals surface area contributed by atoms with Gasteiger partial charge in [-0.05, 0) is 45.3 Å². The highest BCUT2D eigenvalue weighted by atomic mass is 15.1. The van der Waals surface area contributed by atoms with Gasteiger partial charge in [-0.2, -0.15) is 0 Å². The minimum Gasteiger partial charge on any atom is -0.304 e. The van der Waals surface area contributed by atoms with Crippen molar-refractivity contribution in [2.24, 2.45) is 5.92 Å². The third kappa shape index (κ3) is 4.47. The van der Waals surface area contributed by atoms with E-state index in [1.807, 2.05) is 13.8 Å². The predicted molar refractivity (Wildman–Crippen MR) is 61.0 cm³/mol. The Morgan fingerprint density at radius 1 is 1.31 bits per heavy atom. The molecule has 0 N–H and O–H groups in total. The lowest BCUT2D eigenvalue weighted by molar-refractivity contribution is 0.208. The first-order valence-corrected chi connectivity index (χ1v) is 5.61. The molecule has 13 heavy (non-hydrogen) atoms. The molecule has 0 spiro atoms. The third-order valence-electron chi connectivity index (χ3n) is 2.73. The van der Waals surface area contributed by atoms with Gasteiger partial charge in [-0.3, -0.25) is 0 Å². The van der Waals surface area contributed by atoms with Gasteiger partial charge < -0.3 is 4.90 Å². The topological polar surface area (TPSA) is 3.24 Å². The van der Waals surface area contributed by atoms with Gasteiger partial charge in [0.25, 0.3) is 0 Å². The van der Waals surface area contributed by atoms with Crippen LogP contribution in [0.4, 0.5) is 0 Å². The van der Waals surface area contributed by atoms with E-state index in [0.717, 1.165) is 5.92 Å². The molecule has 1 aliphatic heterocycles. The fraction of sp³-hybridized carbons (Fsp3) is 0.833. The van der Waals surface area contributed by atoms with Gasteiger partial charge in [0.15, 0.2) is 0 Å².